The third kappa shape index (κ3) is 3.06. The summed E-state index contributed by atoms with van der Waals surface area (Å²) < 4.78 is 17.7. The molecule has 9 nitrogen and oxygen atoms in total. The zero-order chi connectivity index (χ0) is 16.4. The van der Waals surface area contributed by atoms with Crippen molar-refractivity contribution in [1.29, 1.82) is 0 Å². The summed E-state index contributed by atoms with van der Waals surface area (Å²) in [6.07, 6.45) is 3.20. The zero-order valence-electron chi connectivity index (χ0n) is 13.0. The first kappa shape index (κ1) is 14.6. The minimum Gasteiger partial charge on any atom is -0.454 e. The fourth-order valence-corrected chi connectivity index (χ4v) is 2.41. The first-order valence-corrected chi connectivity index (χ1v) is 7.56. The quantitative estimate of drug-likeness (QED) is 0.721. The summed E-state index contributed by atoms with van der Waals surface area (Å²) in [6.45, 7) is 3.51. The van der Waals surface area contributed by atoms with Gasteiger partial charge in [-0.2, -0.15) is 10.1 Å². The van der Waals surface area contributed by atoms with Crippen LogP contribution in [0.3, 0.4) is 0 Å². The van der Waals surface area contributed by atoms with Gasteiger partial charge in [0.2, 0.25) is 6.79 Å². The van der Waals surface area contributed by atoms with Crippen molar-refractivity contribution in [2.45, 2.75) is 26.1 Å². The highest BCUT2D eigenvalue weighted by Crippen LogP contribution is 2.35. The molecule has 24 heavy (non-hydrogen) atoms. The van der Waals surface area contributed by atoms with E-state index in [9.17, 15) is 0 Å². The average Bonchev–Trinajstić information content (AvgIpc) is 3.33. The van der Waals surface area contributed by atoms with Crippen molar-refractivity contribution < 1.29 is 14.0 Å². The third-order valence-corrected chi connectivity index (χ3v) is 3.62. The molecule has 1 aliphatic rings. The summed E-state index contributed by atoms with van der Waals surface area (Å²) in [5.41, 5.74) is 0.800. The van der Waals surface area contributed by atoms with Crippen molar-refractivity contribution in [3.63, 3.8) is 0 Å². The van der Waals surface area contributed by atoms with E-state index in [0.717, 1.165) is 11.3 Å². The Morgan fingerprint density at radius 3 is 3.08 bits per heavy atom. The average molecular weight is 328 g/mol. The monoisotopic (exact) mass is 328 g/mol. The molecule has 2 aromatic heterocycles. The van der Waals surface area contributed by atoms with Gasteiger partial charge in [0.05, 0.1) is 13.1 Å². The molecule has 0 saturated carbocycles. The summed E-state index contributed by atoms with van der Waals surface area (Å²) in [5.74, 6) is 2.45. The van der Waals surface area contributed by atoms with Crippen LogP contribution in [0.2, 0.25) is 0 Å². The van der Waals surface area contributed by atoms with E-state index in [2.05, 4.69) is 32.5 Å². The van der Waals surface area contributed by atoms with Crippen molar-refractivity contribution in [3.05, 3.63) is 36.7 Å². The van der Waals surface area contributed by atoms with Gasteiger partial charge < -0.3 is 19.3 Å². The standard InChI is InChI=1S/C15H16N6O3/c1-10(6-21-8-16-7-18-21)17-5-14-19-15(24-20-14)11-2-3-12-13(4-11)23-9-22-12/h2-4,7-8,10,17H,5-6,9H2,1H3/t10-/m0/s1. The molecular weight excluding hydrogens is 312 g/mol. The Hall–Kier alpha value is -2.94. The Labute approximate surface area is 137 Å². The van der Waals surface area contributed by atoms with Gasteiger partial charge in [-0.1, -0.05) is 5.16 Å². The Kier molecular flexibility index (Phi) is 3.83. The number of aromatic nitrogens is 5. The van der Waals surface area contributed by atoms with E-state index in [1.54, 1.807) is 11.0 Å². The molecule has 3 aromatic rings. The molecule has 4 rings (SSSR count). The van der Waals surface area contributed by atoms with Crippen LogP contribution in [0.5, 0.6) is 11.5 Å². The summed E-state index contributed by atoms with van der Waals surface area (Å²) in [5, 5.41) is 11.4. The van der Waals surface area contributed by atoms with Crippen molar-refractivity contribution >= 4 is 0 Å². The largest absolute Gasteiger partial charge is 0.454 e. The zero-order valence-corrected chi connectivity index (χ0v) is 13.0. The Bertz CT molecular complexity index is 816. The number of nitrogens with one attached hydrogen (secondary N) is 1. The Balaban J connectivity index is 1.38. The Morgan fingerprint density at radius 2 is 2.21 bits per heavy atom. The highest BCUT2D eigenvalue weighted by atomic mass is 16.7. The predicted molar refractivity (Wildman–Crippen MR) is 82.2 cm³/mol. The van der Waals surface area contributed by atoms with Gasteiger partial charge in [0.25, 0.3) is 5.89 Å². The van der Waals surface area contributed by atoms with Crippen molar-refractivity contribution in [2.24, 2.45) is 0 Å². The maximum absolute atomic E-state index is 5.36. The number of fused-ring (bicyclic) bond motifs is 1. The van der Waals surface area contributed by atoms with Gasteiger partial charge >= 0.3 is 0 Å². The SMILES string of the molecule is C[C@@H](Cn1cncn1)NCc1noc(-c2ccc3c(c2)OCO3)n1. The van der Waals surface area contributed by atoms with Gasteiger partial charge in [-0.25, -0.2) is 4.98 Å². The van der Waals surface area contributed by atoms with E-state index in [-0.39, 0.29) is 12.8 Å². The van der Waals surface area contributed by atoms with Gasteiger partial charge in [-0.3, -0.25) is 4.68 Å². The van der Waals surface area contributed by atoms with Gasteiger partial charge in [-0.15, -0.1) is 0 Å². The molecule has 0 unspecified atom stereocenters. The van der Waals surface area contributed by atoms with Crippen molar-refractivity contribution in [1.82, 2.24) is 30.2 Å². The Morgan fingerprint density at radius 1 is 1.29 bits per heavy atom. The lowest BCUT2D eigenvalue weighted by atomic mass is 10.2. The van der Waals surface area contributed by atoms with Crippen molar-refractivity contribution in [3.8, 4) is 23.0 Å². The predicted octanol–water partition coefficient (Wildman–Crippen LogP) is 1.24. The number of hydrogen-bond acceptors (Lipinski definition) is 8. The molecule has 0 aliphatic carbocycles. The lowest BCUT2D eigenvalue weighted by molar-refractivity contribution is 0.174. The molecule has 9 heteroatoms. The molecule has 3 heterocycles. The first-order valence-electron chi connectivity index (χ1n) is 7.56. The van der Waals surface area contributed by atoms with Gasteiger partial charge in [0, 0.05) is 11.6 Å². The van der Waals surface area contributed by atoms with E-state index >= 15 is 0 Å². The number of ether oxygens (including phenoxy) is 2. The van der Waals surface area contributed by atoms with E-state index in [4.69, 9.17) is 14.0 Å². The summed E-state index contributed by atoms with van der Waals surface area (Å²) in [6, 6.07) is 5.73. The van der Waals surface area contributed by atoms with Crippen LogP contribution >= 0.6 is 0 Å². The minimum atomic E-state index is 0.194. The van der Waals surface area contributed by atoms with Crippen LogP contribution < -0.4 is 14.8 Å². The van der Waals surface area contributed by atoms with Crippen LogP contribution in [0.4, 0.5) is 0 Å². The molecule has 1 aromatic carbocycles. The summed E-state index contributed by atoms with van der Waals surface area (Å²) in [7, 11) is 0. The molecule has 1 atom stereocenters. The minimum absolute atomic E-state index is 0.194. The topological polar surface area (TPSA) is 100 Å². The van der Waals surface area contributed by atoms with E-state index in [0.29, 0.717) is 30.6 Å². The highest BCUT2D eigenvalue weighted by molar-refractivity contribution is 5.60. The van der Waals surface area contributed by atoms with Crippen LogP contribution in [0.15, 0.2) is 35.4 Å². The third-order valence-electron chi connectivity index (χ3n) is 3.62. The van der Waals surface area contributed by atoms with Gasteiger partial charge in [-0.05, 0) is 25.1 Å². The lowest BCUT2D eigenvalue weighted by Crippen LogP contribution is -2.30. The van der Waals surface area contributed by atoms with Crippen LogP contribution in [0.25, 0.3) is 11.5 Å². The fourth-order valence-electron chi connectivity index (χ4n) is 2.41. The second-order valence-electron chi connectivity index (χ2n) is 5.48. The van der Waals surface area contributed by atoms with E-state index in [1.807, 2.05) is 18.2 Å². The van der Waals surface area contributed by atoms with Crippen LogP contribution in [-0.4, -0.2) is 37.7 Å². The molecule has 0 amide bonds. The van der Waals surface area contributed by atoms with E-state index < -0.39 is 0 Å². The second-order valence-corrected chi connectivity index (χ2v) is 5.48. The molecule has 0 spiro atoms. The smallest absolute Gasteiger partial charge is 0.258 e. The molecule has 1 N–H and O–H groups in total. The van der Waals surface area contributed by atoms with Crippen molar-refractivity contribution in [2.75, 3.05) is 6.79 Å². The maximum Gasteiger partial charge on any atom is 0.258 e. The van der Waals surface area contributed by atoms with Crippen LogP contribution in [0, 0.1) is 0 Å². The molecule has 124 valence electrons. The number of benzene rings is 1. The molecule has 0 radical (unpaired) electrons. The molecular formula is C15H16N6O3. The number of rotatable bonds is 6. The first-order chi connectivity index (χ1) is 11.8. The molecule has 1 aliphatic heterocycles. The molecule has 0 saturated heterocycles. The van der Waals surface area contributed by atoms with E-state index in [1.165, 1.54) is 6.33 Å². The molecule has 0 bridgehead atoms. The second kappa shape index (κ2) is 6.28. The normalized spacial score (nSPS) is 14.0. The number of hydrogen-bond donors (Lipinski definition) is 1. The fraction of sp³-hybridized carbons (Fsp3) is 0.333. The maximum atomic E-state index is 5.36. The van der Waals surface area contributed by atoms with Gasteiger partial charge in [0.15, 0.2) is 17.3 Å². The summed E-state index contributed by atoms with van der Waals surface area (Å²) in [4.78, 5) is 8.32. The van der Waals surface area contributed by atoms with Crippen LogP contribution in [-0.2, 0) is 13.1 Å². The summed E-state index contributed by atoms with van der Waals surface area (Å²) >= 11 is 0. The van der Waals surface area contributed by atoms with Crippen LogP contribution in [0.1, 0.15) is 12.7 Å². The van der Waals surface area contributed by atoms with Gasteiger partial charge in [0.1, 0.15) is 12.7 Å². The lowest BCUT2D eigenvalue weighted by Gasteiger charge is -2.11. The highest BCUT2D eigenvalue weighted by Gasteiger charge is 2.17. The number of nitrogens with zero attached hydrogens (tertiary/aromatic N) is 5. The molecule has 0 fully saturated rings.